The average Bonchev–Trinajstić information content (AvgIpc) is 3.03. The summed E-state index contributed by atoms with van der Waals surface area (Å²) >= 11 is 0. The highest BCUT2D eigenvalue weighted by Crippen LogP contribution is 2.16. The Hall–Kier alpha value is -2.09. The second-order valence-corrected chi connectivity index (χ2v) is 8.23. The van der Waals surface area contributed by atoms with Crippen LogP contribution < -0.4 is 10.6 Å². The summed E-state index contributed by atoms with van der Waals surface area (Å²) in [5.41, 5.74) is 3.92. The monoisotopic (exact) mass is 408 g/mol. The number of nitrogens with two attached hydrogens (primary N) is 1. The summed E-state index contributed by atoms with van der Waals surface area (Å²) < 4.78 is 26.2. The van der Waals surface area contributed by atoms with E-state index < -0.39 is 10.0 Å². The van der Waals surface area contributed by atoms with Crippen LogP contribution >= 0.6 is 12.4 Å². The maximum atomic E-state index is 11.8. The molecule has 0 fully saturated rings. The van der Waals surface area contributed by atoms with Crippen molar-refractivity contribution in [1.29, 1.82) is 0 Å². The van der Waals surface area contributed by atoms with Gasteiger partial charge >= 0.3 is 0 Å². The van der Waals surface area contributed by atoms with E-state index in [1.165, 1.54) is 5.56 Å². The number of nitrogens with zero attached hydrogens (tertiary/aromatic N) is 2. The zero-order valence-electron chi connectivity index (χ0n) is 15.3. The molecule has 0 aliphatic carbocycles. The molecule has 0 radical (unpaired) electrons. The first kappa shape index (κ1) is 21.2. The standard InChI is InChI=1S/C19H24N4O2S.ClH/c1-2-13-26(24,25)22-18-9-5-16(6-10-18)14-15-3-7-17(8-4-15)19-21-11-12-23(19)20;/h3-10,22H,2,11-14,20H2,1H3;1H. The van der Waals surface area contributed by atoms with Crippen molar-refractivity contribution in [3.05, 3.63) is 65.2 Å². The van der Waals surface area contributed by atoms with Crippen molar-refractivity contribution in [2.75, 3.05) is 23.6 Å². The Balaban J connectivity index is 0.00000261. The van der Waals surface area contributed by atoms with Crippen molar-refractivity contribution in [2.24, 2.45) is 10.8 Å². The van der Waals surface area contributed by atoms with E-state index in [2.05, 4.69) is 21.8 Å². The summed E-state index contributed by atoms with van der Waals surface area (Å²) in [7, 11) is -3.25. The minimum absolute atomic E-state index is 0. The van der Waals surface area contributed by atoms with Gasteiger partial charge in [0.2, 0.25) is 10.0 Å². The van der Waals surface area contributed by atoms with Crippen molar-refractivity contribution < 1.29 is 8.42 Å². The molecule has 8 heteroatoms. The molecule has 0 unspecified atom stereocenters. The molecule has 0 bridgehead atoms. The maximum absolute atomic E-state index is 11.8. The second-order valence-electron chi connectivity index (χ2n) is 6.39. The van der Waals surface area contributed by atoms with Crippen molar-refractivity contribution in [3.63, 3.8) is 0 Å². The lowest BCUT2D eigenvalue weighted by Crippen LogP contribution is -2.34. The highest BCUT2D eigenvalue weighted by Gasteiger charge is 2.15. The quantitative estimate of drug-likeness (QED) is 0.689. The first-order chi connectivity index (χ1) is 12.5. The number of benzene rings is 2. The van der Waals surface area contributed by atoms with Crippen molar-refractivity contribution in [2.45, 2.75) is 19.8 Å². The summed E-state index contributed by atoms with van der Waals surface area (Å²) in [6.45, 7) is 3.34. The van der Waals surface area contributed by atoms with Gasteiger partial charge in [0.25, 0.3) is 0 Å². The second kappa shape index (κ2) is 9.21. The lowest BCUT2D eigenvalue weighted by molar-refractivity contribution is 0.484. The molecule has 3 rings (SSSR count). The molecule has 2 aromatic rings. The number of halogens is 1. The van der Waals surface area contributed by atoms with Crippen LogP contribution in [0.5, 0.6) is 0 Å². The number of anilines is 1. The van der Waals surface area contributed by atoms with E-state index in [0.717, 1.165) is 36.5 Å². The molecule has 0 saturated heterocycles. The third-order valence-electron chi connectivity index (χ3n) is 4.20. The fourth-order valence-corrected chi connectivity index (χ4v) is 4.05. The summed E-state index contributed by atoms with van der Waals surface area (Å²) in [6.07, 6.45) is 1.37. The Morgan fingerprint density at radius 2 is 1.67 bits per heavy atom. The normalized spacial score (nSPS) is 13.9. The Morgan fingerprint density at radius 3 is 2.19 bits per heavy atom. The van der Waals surface area contributed by atoms with E-state index in [-0.39, 0.29) is 18.2 Å². The molecule has 6 nitrogen and oxygen atoms in total. The fraction of sp³-hybridized carbons (Fsp3) is 0.316. The van der Waals surface area contributed by atoms with Gasteiger partial charge in [0.1, 0.15) is 5.84 Å². The number of hydrogen-bond donors (Lipinski definition) is 2. The van der Waals surface area contributed by atoms with Crippen LogP contribution in [0.25, 0.3) is 0 Å². The van der Waals surface area contributed by atoms with E-state index in [9.17, 15) is 8.42 Å². The maximum Gasteiger partial charge on any atom is 0.232 e. The molecule has 27 heavy (non-hydrogen) atoms. The van der Waals surface area contributed by atoms with Gasteiger partial charge in [-0.25, -0.2) is 14.3 Å². The number of sulfonamides is 1. The van der Waals surface area contributed by atoms with E-state index >= 15 is 0 Å². The molecule has 0 amide bonds. The van der Waals surface area contributed by atoms with Gasteiger partial charge in [-0.05, 0) is 36.1 Å². The largest absolute Gasteiger partial charge is 0.293 e. The summed E-state index contributed by atoms with van der Waals surface area (Å²) in [5.74, 6) is 6.87. The summed E-state index contributed by atoms with van der Waals surface area (Å²) in [6, 6.07) is 15.7. The molecule has 146 valence electrons. The Kier molecular flexibility index (Phi) is 7.24. The van der Waals surface area contributed by atoms with Gasteiger partial charge in [0, 0.05) is 11.3 Å². The number of hydrazine groups is 1. The molecule has 0 saturated carbocycles. The smallest absolute Gasteiger partial charge is 0.232 e. The fourth-order valence-electron chi connectivity index (χ4n) is 2.91. The van der Waals surface area contributed by atoms with Gasteiger partial charge in [0.15, 0.2) is 0 Å². The molecule has 2 aromatic carbocycles. The first-order valence-electron chi connectivity index (χ1n) is 8.72. The molecule has 0 atom stereocenters. The van der Waals surface area contributed by atoms with Gasteiger partial charge in [-0.3, -0.25) is 14.7 Å². The van der Waals surface area contributed by atoms with Gasteiger partial charge in [0.05, 0.1) is 18.8 Å². The molecule has 1 aliphatic heterocycles. The Labute approximate surface area is 166 Å². The SMILES string of the molecule is CCCS(=O)(=O)Nc1ccc(Cc2ccc(C3=NCCN3N)cc2)cc1.Cl. The predicted molar refractivity (Wildman–Crippen MR) is 113 cm³/mol. The topological polar surface area (TPSA) is 87.8 Å². The zero-order chi connectivity index (χ0) is 18.6. The minimum atomic E-state index is -3.25. The molecule has 1 heterocycles. The highest BCUT2D eigenvalue weighted by atomic mass is 35.5. The number of amidine groups is 1. The van der Waals surface area contributed by atoms with Crippen molar-refractivity contribution in [1.82, 2.24) is 5.01 Å². The van der Waals surface area contributed by atoms with Gasteiger partial charge < -0.3 is 0 Å². The van der Waals surface area contributed by atoms with Crippen LogP contribution in [-0.4, -0.2) is 38.1 Å². The number of rotatable bonds is 7. The Bertz CT molecular complexity index is 881. The van der Waals surface area contributed by atoms with Crippen LogP contribution in [0, 0.1) is 0 Å². The van der Waals surface area contributed by atoms with Crippen molar-refractivity contribution in [3.8, 4) is 0 Å². The minimum Gasteiger partial charge on any atom is -0.293 e. The summed E-state index contributed by atoms with van der Waals surface area (Å²) in [5, 5.41) is 1.67. The number of nitrogens with one attached hydrogen (secondary N) is 1. The lowest BCUT2D eigenvalue weighted by atomic mass is 10.0. The molecule has 0 spiro atoms. The lowest BCUT2D eigenvalue weighted by Gasteiger charge is -2.13. The molecular formula is C19H25ClN4O2S. The molecule has 1 aliphatic rings. The van der Waals surface area contributed by atoms with E-state index in [1.54, 1.807) is 17.1 Å². The highest BCUT2D eigenvalue weighted by molar-refractivity contribution is 7.92. The molecule has 0 aromatic heterocycles. The van der Waals surface area contributed by atoms with Crippen molar-refractivity contribution >= 4 is 34.0 Å². The average molecular weight is 409 g/mol. The third kappa shape index (κ3) is 5.69. The first-order valence-corrected chi connectivity index (χ1v) is 10.4. The Morgan fingerprint density at radius 1 is 1.07 bits per heavy atom. The van der Waals surface area contributed by atoms with Crippen LogP contribution in [-0.2, 0) is 16.4 Å². The van der Waals surface area contributed by atoms with E-state index in [1.807, 2.05) is 31.2 Å². The van der Waals surface area contributed by atoms with E-state index in [4.69, 9.17) is 5.84 Å². The zero-order valence-corrected chi connectivity index (χ0v) is 16.9. The number of hydrogen-bond acceptors (Lipinski definition) is 5. The van der Waals surface area contributed by atoms with Crippen LogP contribution in [0.2, 0.25) is 0 Å². The van der Waals surface area contributed by atoms with Gasteiger partial charge in [-0.15, -0.1) is 12.4 Å². The van der Waals surface area contributed by atoms with Crippen LogP contribution in [0.3, 0.4) is 0 Å². The summed E-state index contributed by atoms with van der Waals surface area (Å²) in [4.78, 5) is 4.41. The third-order valence-corrected chi connectivity index (χ3v) is 5.69. The van der Waals surface area contributed by atoms with Crippen LogP contribution in [0.1, 0.15) is 30.0 Å². The van der Waals surface area contributed by atoms with Gasteiger partial charge in [-0.2, -0.15) is 0 Å². The predicted octanol–water partition coefficient (Wildman–Crippen LogP) is 2.79. The number of aliphatic imine (C=N–C) groups is 1. The van der Waals surface area contributed by atoms with Gasteiger partial charge in [-0.1, -0.05) is 43.3 Å². The van der Waals surface area contributed by atoms with Crippen LogP contribution in [0.4, 0.5) is 5.69 Å². The van der Waals surface area contributed by atoms with Crippen LogP contribution in [0.15, 0.2) is 53.5 Å². The molecular weight excluding hydrogens is 384 g/mol. The molecule has 3 N–H and O–H groups in total. The van der Waals surface area contributed by atoms with E-state index in [0.29, 0.717) is 12.1 Å².